The van der Waals surface area contributed by atoms with Crippen LogP contribution in [0.3, 0.4) is 0 Å². The molecule has 1 saturated heterocycles. The van der Waals surface area contributed by atoms with E-state index in [2.05, 4.69) is 0 Å². The third-order valence-corrected chi connectivity index (χ3v) is 5.22. The molecule has 5 heteroatoms. The molecule has 1 aliphatic heterocycles. The molecule has 2 unspecified atom stereocenters. The summed E-state index contributed by atoms with van der Waals surface area (Å²) in [5, 5.41) is 9.14. The maximum Gasteiger partial charge on any atom is 0.307 e. The Kier molecular flexibility index (Phi) is 3.41. The molecule has 1 saturated carbocycles. The highest BCUT2D eigenvalue weighted by atomic mass is 32.2. The van der Waals surface area contributed by atoms with E-state index in [1.165, 1.54) is 12.8 Å². The van der Waals surface area contributed by atoms with Crippen LogP contribution in [0.15, 0.2) is 0 Å². The summed E-state index contributed by atoms with van der Waals surface area (Å²) >= 11 is 0. The first-order valence-electron chi connectivity index (χ1n) is 5.57. The van der Waals surface area contributed by atoms with E-state index in [9.17, 15) is 9.00 Å². The lowest BCUT2D eigenvalue weighted by Gasteiger charge is -2.18. The first kappa shape index (κ1) is 11.1. The summed E-state index contributed by atoms with van der Waals surface area (Å²) in [6.45, 7) is 1.15. The van der Waals surface area contributed by atoms with Gasteiger partial charge in [-0.05, 0) is 19.3 Å². The SMILES string of the molecule is O=C(O)C1CCN(S(=O)C2CCCC2)C1. The molecule has 0 amide bonds. The molecule has 86 valence electrons. The Balaban J connectivity index is 1.89. The number of nitrogens with zero attached hydrogens (tertiary/aromatic N) is 1. The Morgan fingerprint density at radius 2 is 1.93 bits per heavy atom. The van der Waals surface area contributed by atoms with Crippen LogP contribution in [0, 0.1) is 5.92 Å². The molecule has 2 aliphatic rings. The van der Waals surface area contributed by atoms with Crippen molar-refractivity contribution in [3.05, 3.63) is 0 Å². The van der Waals surface area contributed by atoms with Crippen LogP contribution in [0.5, 0.6) is 0 Å². The molecule has 1 aliphatic carbocycles. The van der Waals surface area contributed by atoms with E-state index >= 15 is 0 Å². The number of hydrogen-bond acceptors (Lipinski definition) is 2. The van der Waals surface area contributed by atoms with Crippen molar-refractivity contribution in [2.75, 3.05) is 13.1 Å². The van der Waals surface area contributed by atoms with E-state index in [0.29, 0.717) is 19.5 Å². The molecule has 0 radical (unpaired) electrons. The lowest BCUT2D eigenvalue weighted by molar-refractivity contribution is -0.141. The molecule has 2 atom stereocenters. The fourth-order valence-corrected chi connectivity index (χ4v) is 4.16. The normalized spacial score (nSPS) is 30.8. The van der Waals surface area contributed by atoms with Gasteiger partial charge in [0.1, 0.15) is 0 Å². The minimum Gasteiger partial charge on any atom is -0.481 e. The van der Waals surface area contributed by atoms with E-state index in [4.69, 9.17) is 5.11 Å². The highest BCUT2D eigenvalue weighted by Gasteiger charge is 2.34. The molecule has 1 heterocycles. The van der Waals surface area contributed by atoms with Gasteiger partial charge in [0.05, 0.1) is 16.9 Å². The third-order valence-electron chi connectivity index (χ3n) is 3.34. The number of carboxylic acids is 1. The molecule has 2 fully saturated rings. The molecule has 2 rings (SSSR count). The van der Waals surface area contributed by atoms with Crippen molar-refractivity contribution in [3.8, 4) is 0 Å². The van der Waals surface area contributed by atoms with Gasteiger partial charge in [-0.1, -0.05) is 12.8 Å². The summed E-state index contributed by atoms with van der Waals surface area (Å²) in [7, 11) is -0.938. The van der Waals surface area contributed by atoms with Gasteiger partial charge in [-0.15, -0.1) is 0 Å². The molecule has 0 bridgehead atoms. The summed E-state index contributed by atoms with van der Waals surface area (Å²) in [5.41, 5.74) is 0. The Bertz CT molecular complexity index is 276. The summed E-state index contributed by atoms with van der Waals surface area (Å²) < 4.78 is 13.9. The monoisotopic (exact) mass is 231 g/mol. The van der Waals surface area contributed by atoms with E-state index in [-0.39, 0.29) is 11.2 Å². The number of carbonyl (C=O) groups is 1. The fraction of sp³-hybridized carbons (Fsp3) is 0.900. The summed E-state index contributed by atoms with van der Waals surface area (Å²) in [6.07, 6.45) is 5.08. The molecule has 0 aromatic heterocycles. The fourth-order valence-electron chi connectivity index (χ4n) is 2.39. The quantitative estimate of drug-likeness (QED) is 0.788. The summed E-state index contributed by atoms with van der Waals surface area (Å²) in [4.78, 5) is 10.8. The first-order chi connectivity index (χ1) is 7.18. The molecule has 4 nitrogen and oxygen atoms in total. The Labute approximate surface area is 92.2 Å². The highest BCUT2D eigenvalue weighted by molar-refractivity contribution is 7.83. The van der Waals surface area contributed by atoms with Gasteiger partial charge in [0.25, 0.3) is 0 Å². The summed E-state index contributed by atoms with van der Waals surface area (Å²) in [5.74, 6) is -1.06. The zero-order chi connectivity index (χ0) is 10.8. The van der Waals surface area contributed by atoms with E-state index < -0.39 is 17.0 Å². The van der Waals surface area contributed by atoms with Gasteiger partial charge < -0.3 is 5.11 Å². The number of rotatable bonds is 3. The molecule has 15 heavy (non-hydrogen) atoms. The summed E-state index contributed by atoms with van der Waals surface area (Å²) in [6, 6.07) is 0. The minimum atomic E-state index is -0.938. The second-order valence-electron chi connectivity index (χ2n) is 4.39. The van der Waals surface area contributed by atoms with Gasteiger partial charge in [-0.2, -0.15) is 0 Å². The first-order valence-corrected chi connectivity index (χ1v) is 6.74. The van der Waals surface area contributed by atoms with Crippen LogP contribution in [0.25, 0.3) is 0 Å². The van der Waals surface area contributed by atoms with Gasteiger partial charge in [0.15, 0.2) is 0 Å². The van der Waals surface area contributed by atoms with E-state index in [1.807, 2.05) is 4.31 Å². The average Bonchev–Trinajstić information content (AvgIpc) is 2.88. The van der Waals surface area contributed by atoms with Crippen molar-refractivity contribution in [2.45, 2.75) is 37.4 Å². The predicted octanol–water partition coefficient (Wildman–Crippen LogP) is 0.999. The third kappa shape index (κ3) is 2.39. The van der Waals surface area contributed by atoms with Crippen molar-refractivity contribution >= 4 is 17.0 Å². The second-order valence-corrected chi connectivity index (χ2v) is 6.13. The van der Waals surface area contributed by atoms with Gasteiger partial charge in [-0.25, -0.2) is 8.51 Å². The van der Waals surface area contributed by atoms with Crippen LogP contribution >= 0.6 is 0 Å². The highest BCUT2D eigenvalue weighted by Crippen LogP contribution is 2.27. The maximum absolute atomic E-state index is 12.1. The Morgan fingerprint density at radius 3 is 2.47 bits per heavy atom. The van der Waals surface area contributed by atoms with Crippen molar-refractivity contribution in [2.24, 2.45) is 5.92 Å². The lowest BCUT2D eigenvalue weighted by Crippen LogP contribution is -2.31. The molecular weight excluding hydrogens is 214 g/mol. The smallest absolute Gasteiger partial charge is 0.307 e. The standard InChI is InChI=1S/C10H17NO3S/c12-10(13)8-5-6-11(7-8)15(14)9-3-1-2-4-9/h8-9H,1-7H2,(H,12,13). The second kappa shape index (κ2) is 4.61. The zero-order valence-corrected chi connectivity index (χ0v) is 9.54. The predicted molar refractivity (Wildman–Crippen MR) is 57.7 cm³/mol. The zero-order valence-electron chi connectivity index (χ0n) is 8.72. The van der Waals surface area contributed by atoms with Crippen LogP contribution in [0.2, 0.25) is 0 Å². The topological polar surface area (TPSA) is 57.6 Å². The number of hydrogen-bond donors (Lipinski definition) is 1. The van der Waals surface area contributed by atoms with Crippen molar-refractivity contribution in [3.63, 3.8) is 0 Å². The van der Waals surface area contributed by atoms with Crippen molar-refractivity contribution in [1.29, 1.82) is 0 Å². The van der Waals surface area contributed by atoms with Gasteiger partial charge >= 0.3 is 5.97 Å². The van der Waals surface area contributed by atoms with Crippen LogP contribution in [-0.4, -0.2) is 37.9 Å². The Morgan fingerprint density at radius 1 is 1.27 bits per heavy atom. The molecule has 1 N–H and O–H groups in total. The number of carboxylic acid groups (broad SMARTS) is 1. The van der Waals surface area contributed by atoms with Crippen LogP contribution in [0.4, 0.5) is 0 Å². The maximum atomic E-state index is 12.1. The average molecular weight is 231 g/mol. The van der Waals surface area contributed by atoms with Crippen LogP contribution < -0.4 is 0 Å². The van der Waals surface area contributed by atoms with Gasteiger partial charge in [0, 0.05) is 18.3 Å². The lowest BCUT2D eigenvalue weighted by atomic mass is 10.1. The van der Waals surface area contributed by atoms with Crippen LogP contribution in [0.1, 0.15) is 32.1 Å². The minimum absolute atomic E-state index is 0.289. The van der Waals surface area contributed by atoms with Crippen molar-refractivity contribution < 1.29 is 14.1 Å². The molecular formula is C10H17NO3S. The molecule has 0 aromatic carbocycles. The van der Waals surface area contributed by atoms with Crippen molar-refractivity contribution in [1.82, 2.24) is 4.31 Å². The van der Waals surface area contributed by atoms with Gasteiger partial charge in [0.2, 0.25) is 0 Å². The molecule has 0 spiro atoms. The largest absolute Gasteiger partial charge is 0.481 e. The van der Waals surface area contributed by atoms with E-state index in [1.54, 1.807) is 0 Å². The Hall–Kier alpha value is -0.420. The number of aliphatic carboxylic acids is 1. The van der Waals surface area contributed by atoms with E-state index in [0.717, 1.165) is 12.8 Å². The van der Waals surface area contributed by atoms with Crippen LogP contribution in [-0.2, 0) is 15.8 Å². The van der Waals surface area contributed by atoms with Gasteiger partial charge in [-0.3, -0.25) is 4.79 Å². The molecule has 0 aromatic rings.